The fraction of sp³-hybridized carbons (Fsp3) is 0. The summed E-state index contributed by atoms with van der Waals surface area (Å²) in [7, 11) is 0. The molecule has 0 heterocycles. The zero-order valence-corrected chi connectivity index (χ0v) is 10.5. The lowest BCUT2D eigenvalue weighted by atomic mass is 10.3. The summed E-state index contributed by atoms with van der Waals surface area (Å²) in [6.07, 6.45) is 1.16. The summed E-state index contributed by atoms with van der Waals surface area (Å²) in [5, 5.41) is 0. The van der Waals surface area contributed by atoms with Gasteiger partial charge in [0.15, 0.2) is 0 Å². The first-order valence-electron chi connectivity index (χ1n) is 5.46. The van der Waals surface area contributed by atoms with Gasteiger partial charge in [-0.05, 0) is 24.3 Å². The summed E-state index contributed by atoms with van der Waals surface area (Å²) in [5.74, 6) is 0.104. The van der Waals surface area contributed by atoms with Crippen LogP contribution >= 0.6 is 11.8 Å². The minimum absolute atomic E-state index is 0.448. The molecule has 90 valence electrons. The Labute approximate surface area is 110 Å². The lowest BCUT2D eigenvalue weighted by Crippen LogP contribution is -2.03. The molecule has 0 N–H and O–H groups in total. The maximum atomic E-state index is 11.2. The van der Waals surface area contributed by atoms with E-state index in [0.717, 1.165) is 15.9 Å². The topological polar surface area (TPSA) is 26.3 Å². The van der Waals surface area contributed by atoms with Crippen LogP contribution in [0.15, 0.2) is 77.0 Å². The molecule has 0 aromatic heterocycles. The van der Waals surface area contributed by atoms with E-state index in [0.29, 0.717) is 5.75 Å². The molecule has 0 aliphatic carbocycles. The summed E-state index contributed by atoms with van der Waals surface area (Å²) in [6, 6.07) is 17.4. The molecule has 2 rings (SSSR count). The molecule has 2 aromatic carbocycles. The average molecular weight is 256 g/mol. The van der Waals surface area contributed by atoms with Crippen LogP contribution in [-0.2, 0) is 4.79 Å². The first kappa shape index (κ1) is 12.5. The van der Waals surface area contributed by atoms with Gasteiger partial charge in [-0.15, -0.1) is 0 Å². The van der Waals surface area contributed by atoms with Crippen LogP contribution < -0.4 is 4.74 Å². The van der Waals surface area contributed by atoms with E-state index in [9.17, 15) is 4.79 Å². The standard InChI is InChI=1S/C15H12O2S/c1-2-15(16)17-13-10-6-7-11-14(13)18-12-8-4-3-5-9-12/h2-11H,1H2. The molecule has 0 unspecified atom stereocenters. The Hall–Kier alpha value is -2.00. The zero-order chi connectivity index (χ0) is 12.8. The van der Waals surface area contributed by atoms with Crippen LogP contribution in [-0.4, -0.2) is 5.97 Å². The maximum Gasteiger partial charge on any atom is 0.335 e. The Morgan fingerprint density at radius 1 is 1.06 bits per heavy atom. The van der Waals surface area contributed by atoms with Crippen molar-refractivity contribution >= 4 is 17.7 Å². The quantitative estimate of drug-likeness (QED) is 0.471. The predicted molar refractivity (Wildman–Crippen MR) is 72.8 cm³/mol. The number of hydrogen-bond acceptors (Lipinski definition) is 3. The largest absolute Gasteiger partial charge is 0.422 e. The molecule has 18 heavy (non-hydrogen) atoms. The molecule has 0 aliphatic rings. The Morgan fingerprint density at radius 3 is 2.44 bits per heavy atom. The lowest BCUT2D eigenvalue weighted by molar-refractivity contribution is -0.129. The number of ether oxygens (including phenoxy) is 1. The third-order valence-corrected chi connectivity index (χ3v) is 3.26. The molecule has 0 amide bonds. The number of para-hydroxylation sites is 1. The van der Waals surface area contributed by atoms with E-state index in [4.69, 9.17) is 4.74 Å². The van der Waals surface area contributed by atoms with Crippen molar-refractivity contribution in [1.82, 2.24) is 0 Å². The Morgan fingerprint density at radius 2 is 1.72 bits per heavy atom. The molecule has 0 fully saturated rings. The van der Waals surface area contributed by atoms with Crippen molar-refractivity contribution in [2.24, 2.45) is 0 Å². The number of hydrogen-bond donors (Lipinski definition) is 0. The van der Waals surface area contributed by atoms with Gasteiger partial charge in [-0.2, -0.15) is 0 Å². The molecule has 2 aromatic rings. The zero-order valence-electron chi connectivity index (χ0n) is 9.71. The first-order valence-corrected chi connectivity index (χ1v) is 6.27. The minimum Gasteiger partial charge on any atom is -0.422 e. The van der Waals surface area contributed by atoms with Gasteiger partial charge in [0, 0.05) is 11.0 Å². The van der Waals surface area contributed by atoms with E-state index in [1.54, 1.807) is 17.8 Å². The summed E-state index contributed by atoms with van der Waals surface area (Å²) in [4.78, 5) is 13.2. The van der Waals surface area contributed by atoms with Crippen LogP contribution in [0.4, 0.5) is 0 Å². The van der Waals surface area contributed by atoms with Crippen molar-refractivity contribution in [3.8, 4) is 5.75 Å². The summed E-state index contributed by atoms with van der Waals surface area (Å²) in [6.45, 7) is 3.39. The molecule has 0 saturated heterocycles. The van der Waals surface area contributed by atoms with Gasteiger partial charge in [0.25, 0.3) is 0 Å². The van der Waals surface area contributed by atoms with Crippen molar-refractivity contribution in [1.29, 1.82) is 0 Å². The van der Waals surface area contributed by atoms with Gasteiger partial charge in [-0.3, -0.25) is 0 Å². The number of esters is 1. The number of carbonyl (C=O) groups excluding carboxylic acids is 1. The summed E-state index contributed by atoms with van der Waals surface area (Å²) >= 11 is 1.56. The van der Waals surface area contributed by atoms with Gasteiger partial charge in [0.2, 0.25) is 0 Å². The smallest absolute Gasteiger partial charge is 0.335 e. The van der Waals surface area contributed by atoms with Crippen molar-refractivity contribution in [2.75, 3.05) is 0 Å². The molecule has 0 atom stereocenters. The van der Waals surface area contributed by atoms with Crippen LogP contribution in [0.5, 0.6) is 5.75 Å². The van der Waals surface area contributed by atoms with E-state index < -0.39 is 5.97 Å². The van der Waals surface area contributed by atoms with Crippen molar-refractivity contribution in [3.63, 3.8) is 0 Å². The van der Waals surface area contributed by atoms with Crippen LogP contribution in [0.25, 0.3) is 0 Å². The fourth-order valence-electron chi connectivity index (χ4n) is 1.38. The van der Waals surface area contributed by atoms with Gasteiger partial charge in [0.05, 0.1) is 4.90 Å². The third-order valence-electron chi connectivity index (χ3n) is 2.20. The maximum absolute atomic E-state index is 11.2. The highest BCUT2D eigenvalue weighted by molar-refractivity contribution is 7.99. The Kier molecular flexibility index (Phi) is 4.20. The molecule has 3 heteroatoms. The molecule has 0 radical (unpaired) electrons. The van der Waals surface area contributed by atoms with Crippen molar-refractivity contribution < 1.29 is 9.53 Å². The molecule has 0 aliphatic heterocycles. The van der Waals surface area contributed by atoms with E-state index >= 15 is 0 Å². The number of benzene rings is 2. The summed E-state index contributed by atoms with van der Waals surface area (Å²) < 4.78 is 5.19. The molecule has 0 bridgehead atoms. The molecule has 2 nitrogen and oxygen atoms in total. The highest BCUT2D eigenvalue weighted by Gasteiger charge is 2.07. The Balaban J connectivity index is 2.22. The highest BCUT2D eigenvalue weighted by Crippen LogP contribution is 2.34. The van der Waals surface area contributed by atoms with Crippen LogP contribution in [0.3, 0.4) is 0 Å². The van der Waals surface area contributed by atoms with Crippen molar-refractivity contribution in [3.05, 3.63) is 67.3 Å². The number of rotatable bonds is 4. The van der Waals surface area contributed by atoms with Crippen LogP contribution in [0.2, 0.25) is 0 Å². The minimum atomic E-state index is -0.448. The SMILES string of the molecule is C=CC(=O)Oc1ccccc1Sc1ccccc1. The molecular weight excluding hydrogens is 244 g/mol. The van der Waals surface area contributed by atoms with E-state index in [1.165, 1.54) is 0 Å². The van der Waals surface area contributed by atoms with E-state index in [1.807, 2.05) is 48.5 Å². The first-order chi connectivity index (χ1) is 8.79. The normalized spacial score (nSPS) is 9.78. The van der Waals surface area contributed by atoms with Gasteiger partial charge >= 0.3 is 5.97 Å². The van der Waals surface area contributed by atoms with Crippen molar-refractivity contribution in [2.45, 2.75) is 9.79 Å². The molecule has 0 spiro atoms. The van der Waals surface area contributed by atoms with Gasteiger partial charge in [-0.25, -0.2) is 4.79 Å². The second-order valence-electron chi connectivity index (χ2n) is 3.49. The van der Waals surface area contributed by atoms with E-state index in [2.05, 4.69) is 6.58 Å². The predicted octanol–water partition coefficient (Wildman–Crippen LogP) is 3.93. The van der Waals surface area contributed by atoms with Crippen LogP contribution in [0, 0.1) is 0 Å². The second-order valence-corrected chi connectivity index (χ2v) is 4.60. The molecular formula is C15H12O2S. The summed E-state index contributed by atoms with van der Waals surface area (Å²) in [5.41, 5.74) is 0. The van der Waals surface area contributed by atoms with Crippen LogP contribution in [0.1, 0.15) is 0 Å². The lowest BCUT2D eigenvalue weighted by Gasteiger charge is -2.08. The fourth-order valence-corrected chi connectivity index (χ4v) is 2.29. The average Bonchev–Trinajstić information content (AvgIpc) is 2.42. The highest BCUT2D eigenvalue weighted by atomic mass is 32.2. The molecule has 0 saturated carbocycles. The number of carbonyl (C=O) groups is 1. The van der Waals surface area contributed by atoms with Gasteiger partial charge in [-0.1, -0.05) is 48.7 Å². The van der Waals surface area contributed by atoms with Gasteiger partial charge in [0.1, 0.15) is 5.75 Å². The van der Waals surface area contributed by atoms with Gasteiger partial charge < -0.3 is 4.74 Å². The monoisotopic (exact) mass is 256 g/mol. The second kappa shape index (κ2) is 6.07. The Bertz CT molecular complexity index is 549. The third kappa shape index (κ3) is 3.25. The van der Waals surface area contributed by atoms with E-state index in [-0.39, 0.29) is 0 Å².